The topological polar surface area (TPSA) is 34.1 Å². The van der Waals surface area contributed by atoms with Crippen LogP contribution >= 0.6 is 0 Å². The lowest BCUT2D eigenvalue weighted by Crippen LogP contribution is -2.06. The van der Waals surface area contributed by atoms with E-state index in [0.717, 1.165) is 18.0 Å². The predicted octanol–water partition coefficient (Wildman–Crippen LogP) is 1.37. The molecule has 0 aliphatic carbocycles. The van der Waals surface area contributed by atoms with Crippen molar-refractivity contribution in [3.8, 4) is 5.75 Å². The number of nitrogens with one attached hydrogen (secondary N) is 1. The molecule has 1 heterocycles. The lowest BCUT2D eigenvalue weighted by Gasteiger charge is -2.03. The number of pyridine rings is 1. The molecule has 3 nitrogen and oxygen atoms in total. The van der Waals surface area contributed by atoms with Crippen molar-refractivity contribution in [1.82, 2.24) is 10.3 Å². The zero-order valence-electron chi connectivity index (χ0n) is 7.79. The second-order valence-electron chi connectivity index (χ2n) is 2.62. The highest BCUT2D eigenvalue weighted by Gasteiger charge is 1.94. The first kappa shape index (κ1) is 9.74. The largest absolute Gasteiger partial charge is 0.488 e. The molecule has 0 amide bonds. The van der Waals surface area contributed by atoms with E-state index in [1.54, 1.807) is 12.3 Å². The highest BCUT2D eigenvalue weighted by atomic mass is 16.5. The van der Waals surface area contributed by atoms with Gasteiger partial charge in [-0.05, 0) is 19.2 Å². The minimum atomic E-state index is 0.521. The number of rotatable bonds is 5. The van der Waals surface area contributed by atoms with Crippen molar-refractivity contribution in [2.24, 2.45) is 0 Å². The summed E-state index contributed by atoms with van der Waals surface area (Å²) in [5.74, 6) is 0.778. The Bertz CT molecular complexity index is 256. The summed E-state index contributed by atoms with van der Waals surface area (Å²) in [7, 11) is 1.89. The molecule has 0 aliphatic heterocycles. The lowest BCUT2D eigenvalue weighted by atomic mass is 10.3. The first-order valence-corrected chi connectivity index (χ1v) is 4.20. The maximum Gasteiger partial charge on any atom is 0.138 e. The van der Waals surface area contributed by atoms with Crippen molar-refractivity contribution < 1.29 is 4.74 Å². The van der Waals surface area contributed by atoms with Crippen LogP contribution in [0.1, 0.15) is 5.69 Å². The number of hydrogen-bond acceptors (Lipinski definition) is 3. The van der Waals surface area contributed by atoms with Crippen molar-refractivity contribution in [3.05, 3.63) is 36.7 Å². The van der Waals surface area contributed by atoms with Crippen LogP contribution in [0.4, 0.5) is 0 Å². The van der Waals surface area contributed by atoms with Gasteiger partial charge in [-0.1, -0.05) is 12.7 Å². The standard InChI is InChI=1S/C10H14N2O/c1-3-6-13-10-5-4-9(7-11-2)12-8-10/h3-5,8,11H,1,6-7H2,2H3. The van der Waals surface area contributed by atoms with Crippen LogP contribution in [0, 0.1) is 0 Å². The Hall–Kier alpha value is -1.35. The fourth-order valence-electron chi connectivity index (χ4n) is 0.937. The molecule has 0 atom stereocenters. The molecule has 70 valence electrons. The molecule has 3 heteroatoms. The van der Waals surface area contributed by atoms with E-state index in [-0.39, 0.29) is 0 Å². The van der Waals surface area contributed by atoms with E-state index in [1.807, 2.05) is 19.2 Å². The Morgan fingerprint density at radius 3 is 3.00 bits per heavy atom. The van der Waals surface area contributed by atoms with Gasteiger partial charge in [0.15, 0.2) is 0 Å². The summed E-state index contributed by atoms with van der Waals surface area (Å²) < 4.78 is 5.29. The van der Waals surface area contributed by atoms with Gasteiger partial charge in [0, 0.05) is 6.54 Å². The summed E-state index contributed by atoms with van der Waals surface area (Å²) >= 11 is 0. The average molecular weight is 178 g/mol. The van der Waals surface area contributed by atoms with E-state index < -0.39 is 0 Å². The van der Waals surface area contributed by atoms with Crippen LogP contribution in [0.3, 0.4) is 0 Å². The zero-order chi connectivity index (χ0) is 9.52. The Balaban J connectivity index is 2.53. The van der Waals surface area contributed by atoms with Gasteiger partial charge < -0.3 is 10.1 Å². The van der Waals surface area contributed by atoms with E-state index in [1.165, 1.54) is 0 Å². The first-order chi connectivity index (χ1) is 6.36. The lowest BCUT2D eigenvalue weighted by molar-refractivity contribution is 0.361. The fourth-order valence-corrected chi connectivity index (χ4v) is 0.937. The molecule has 1 N–H and O–H groups in total. The molecule has 1 rings (SSSR count). The van der Waals surface area contributed by atoms with E-state index >= 15 is 0 Å². The molecule has 0 bridgehead atoms. The van der Waals surface area contributed by atoms with Crippen LogP contribution in [0.15, 0.2) is 31.0 Å². The smallest absolute Gasteiger partial charge is 0.138 e. The van der Waals surface area contributed by atoms with Crippen molar-refractivity contribution in [2.45, 2.75) is 6.54 Å². The maximum atomic E-state index is 5.29. The molecule has 1 aromatic rings. The normalized spacial score (nSPS) is 9.62. The first-order valence-electron chi connectivity index (χ1n) is 4.20. The molecule has 1 aromatic heterocycles. The fraction of sp³-hybridized carbons (Fsp3) is 0.300. The number of ether oxygens (including phenoxy) is 1. The minimum Gasteiger partial charge on any atom is -0.488 e. The van der Waals surface area contributed by atoms with Gasteiger partial charge in [-0.3, -0.25) is 4.98 Å². The van der Waals surface area contributed by atoms with Crippen LogP contribution < -0.4 is 10.1 Å². The average Bonchev–Trinajstić information content (AvgIpc) is 2.17. The molecule has 0 aliphatic rings. The SMILES string of the molecule is C=CCOc1ccc(CNC)nc1. The number of aromatic nitrogens is 1. The Morgan fingerprint density at radius 1 is 1.62 bits per heavy atom. The van der Waals surface area contributed by atoms with Crippen LogP contribution in [-0.4, -0.2) is 18.6 Å². The van der Waals surface area contributed by atoms with Gasteiger partial charge in [0.2, 0.25) is 0 Å². The maximum absolute atomic E-state index is 5.29. The summed E-state index contributed by atoms with van der Waals surface area (Å²) in [5.41, 5.74) is 1.01. The molecule has 13 heavy (non-hydrogen) atoms. The van der Waals surface area contributed by atoms with Crippen molar-refractivity contribution in [3.63, 3.8) is 0 Å². The van der Waals surface area contributed by atoms with Gasteiger partial charge in [0.1, 0.15) is 12.4 Å². The van der Waals surface area contributed by atoms with Gasteiger partial charge in [-0.2, -0.15) is 0 Å². The third-order valence-electron chi connectivity index (χ3n) is 1.52. The van der Waals surface area contributed by atoms with Crippen molar-refractivity contribution >= 4 is 0 Å². The van der Waals surface area contributed by atoms with E-state index in [4.69, 9.17) is 4.74 Å². The van der Waals surface area contributed by atoms with Gasteiger partial charge in [0.05, 0.1) is 11.9 Å². The third-order valence-corrected chi connectivity index (χ3v) is 1.52. The number of hydrogen-bond donors (Lipinski definition) is 1. The minimum absolute atomic E-state index is 0.521. The van der Waals surface area contributed by atoms with Crippen molar-refractivity contribution in [1.29, 1.82) is 0 Å². The van der Waals surface area contributed by atoms with Crippen LogP contribution in [-0.2, 0) is 6.54 Å². The van der Waals surface area contributed by atoms with Gasteiger partial charge in [-0.25, -0.2) is 0 Å². The highest BCUT2D eigenvalue weighted by Crippen LogP contribution is 2.08. The highest BCUT2D eigenvalue weighted by molar-refractivity contribution is 5.19. The summed E-state index contributed by atoms with van der Waals surface area (Å²) in [6.45, 7) is 4.87. The van der Waals surface area contributed by atoms with Gasteiger partial charge >= 0.3 is 0 Å². The zero-order valence-corrected chi connectivity index (χ0v) is 7.79. The molecule has 0 radical (unpaired) electrons. The van der Waals surface area contributed by atoms with Crippen molar-refractivity contribution in [2.75, 3.05) is 13.7 Å². The van der Waals surface area contributed by atoms with Crippen LogP contribution in [0.2, 0.25) is 0 Å². The monoisotopic (exact) mass is 178 g/mol. The molecular weight excluding hydrogens is 164 g/mol. The van der Waals surface area contributed by atoms with Crippen LogP contribution in [0.25, 0.3) is 0 Å². The molecule has 0 spiro atoms. The van der Waals surface area contributed by atoms with E-state index in [0.29, 0.717) is 6.61 Å². The summed E-state index contributed by atoms with van der Waals surface area (Å²) in [4.78, 5) is 4.20. The molecule has 0 saturated carbocycles. The Morgan fingerprint density at radius 2 is 2.46 bits per heavy atom. The quantitative estimate of drug-likeness (QED) is 0.691. The van der Waals surface area contributed by atoms with E-state index in [2.05, 4.69) is 16.9 Å². The summed E-state index contributed by atoms with van der Waals surface area (Å²) in [6, 6.07) is 3.85. The third kappa shape index (κ3) is 3.25. The van der Waals surface area contributed by atoms with E-state index in [9.17, 15) is 0 Å². The number of nitrogens with zero attached hydrogens (tertiary/aromatic N) is 1. The second-order valence-corrected chi connectivity index (χ2v) is 2.62. The Labute approximate surface area is 78.4 Å². The molecule has 0 unspecified atom stereocenters. The molecule has 0 fully saturated rings. The summed E-state index contributed by atoms with van der Waals surface area (Å²) in [6.07, 6.45) is 3.43. The van der Waals surface area contributed by atoms with Gasteiger partial charge in [0.25, 0.3) is 0 Å². The van der Waals surface area contributed by atoms with Crippen LogP contribution in [0.5, 0.6) is 5.75 Å². The summed E-state index contributed by atoms with van der Waals surface area (Å²) in [5, 5.41) is 3.03. The molecular formula is C10H14N2O. The Kier molecular flexibility index (Phi) is 3.99. The molecule has 0 aromatic carbocycles. The molecule has 0 saturated heterocycles. The predicted molar refractivity (Wildman–Crippen MR) is 52.7 cm³/mol. The van der Waals surface area contributed by atoms with Gasteiger partial charge in [-0.15, -0.1) is 0 Å². The second kappa shape index (κ2) is 5.32.